The Labute approximate surface area is 189 Å². The summed E-state index contributed by atoms with van der Waals surface area (Å²) >= 11 is 0. The van der Waals surface area contributed by atoms with Gasteiger partial charge >= 0.3 is 6.09 Å². The van der Waals surface area contributed by atoms with Crippen molar-refractivity contribution in [2.24, 2.45) is 5.92 Å². The second-order valence-electron chi connectivity index (χ2n) is 9.56. The quantitative estimate of drug-likeness (QED) is 0.481. The number of carbonyl (C=O) groups excluding carboxylic acids is 3. The summed E-state index contributed by atoms with van der Waals surface area (Å²) in [5, 5.41) is 24.8. The number of hydrogen-bond donors (Lipinski definition) is 4. The van der Waals surface area contributed by atoms with E-state index in [1.807, 2.05) is 20.8 Å². The molecule has 0 heterocycles. The van der Waals surface area contributed by atoms with E-state index in [9.17, 15) is 24.6 Å². The van der Waals surface area contributed by atoms with Gasteiger partial charge in [-0.3, -0.25) is 9.59 Å². The fraction of sp³-hybridized carbons (Fsp3) is 0.609. The van der Waals surface area contributed by atoms with Crippen LogP contribution in [0.15, 0.2) is 24.3 Å². The topological polar surface area (TPSA) is 128 Å². The summed E-state index contributed by atoms with van der Waals surface area (Å²) in [6.07, 6.45) is -0.138. The second-order valence-corrected chi connectivity index (χ2v) is 9.56. The highest BCUT2D eigenvalue weighted by Gasteiger charge is 2.48. The standard InChI is InChI=1S/C23H35N3O6/c1-13(2)24-20(29)19(15-7-9-16(28)10-8-15)26(18-11-14(18)3)21(30)17(12-27)25-22(31)32-23(4,5)6/h7-10,13-14,17-19,27-28H,11-12H2,1-6H3,(H,24,29)(H,25,31). The molecule has 1 fully saturated rings. The molecule has 4 atom stereocenters. The highest BCUT2D eigenvalue weighted by atomic mass is 16.6. The van der Waals surface area contributed by atoms with Crippen molar-refractivity contribution in [1.82, 2.24) is 15.5 Å². The van der Waals surface area contributed by atoms with Gasteiger partial charge in [0.05, 0.1) is 6.61 Å². The molecule has 1 aliphatic carbocycles. The van der Waals surface area contributed by atoms with Crippen LogP contribution in [0, 0.1) is 5.92 Å². The number of phenols is 1. The zero-order chi connectivity index (χ0) is 24.2. The highest BCUT2D eigenvalue weighted by Crippen LogP contribution is 2.40. The number of aromatic hydroxyl groups is 1. The Morgan fingerprint density at radius 1 is 1.16 bits per heavy atom. The first kappa shape index (κ1) is 25.5. The number of carbonyl (C=O) groups is 3. The van der Waals surface area contributed by atoms with Crippen LogP contribution in [0.2, 0.25) is 0 Å². The van der Waals surface area contributed by atoms with Crippen LogP contribution in [0.4, 0.5) is 4.79 Å². The third kappa shape index (κ3) is 6.85. The number of rotatable bonds is 8. The number of aliphatic hydroxyl groups is 1. The molecule has 0 saturated heterocycles. The first-order valence-electron chi connectivity index (χ1n) is 10.9. The molecule has 3 amide bonds. The molecule has 1 aliphatic rings. The lowest BCUT2D eigenvalue weighted by Gasteiger charge is -2.35. The lowest BCUT2D eigenvalue weighted by atomic mass is 10.0. The van der Waals surface area contributed by atoms with Crippen LogP contribution in [0.3, 0.4) is 0 Å². The van der Waals surface area contributed by atoms with Crippen LogP contribution in [0.5, 0.6) is 5.75 Å². The number of alkyl carbamates (subject to hydrolysis) is 1. The van der Waals surface area contributed by atoms with Gasteiger partial charge in [-0.2, -0.15) is 0 Å². The summed E-state index contributed by atoms with van der Waals surface area (Å²) in [6.45, 7) is 10.0. The fourth-order valence-corrected chi connectivity index (χ4v) is 3.45. The maximum absolute atomic E-state index is 13.5. The minimum Gasteiger partial charge on any atom is -0.508 e. The van der Waals surface area contributed by atoms with Crippen molar-refractivity contribution in [2.45, 2.75) is 77.7 Å². The minimum absolute atomic E-state index is 0.0364. The van der Waals surface area contributed by atoms with Gasteiger partial charge < -0.3 is 30.5 Å². The predicted molar refractivity (Wildman–Crippen MR) is 119 cm³/mol. The Morgan fingerprint density at radius 3 is 2.16 bits per heavy atom. The monoisotopic (exact) mass is 449 g/mol. The van der Waals surface area contributed by atoms with Crippen molar-refractivity contribution in [3.05, 3.63) is 29.8 Å². The summed E-state index contributed by atoms with van der Waals surface area (Å²) in [6, 6.07) is 3.42. The second kappa shape index (κ2) is 10.2. The molecular weight excluding hydrogens is 414 g/mol. The van der Waals surface area contributed by atoms with Gasteiger partial charge in [0.25, 0.3) is 0 Å². The van der Waals surface area contributed by atoms with Crippen molar-refractivity contribution in [2.75, 3.05) is 6.61 Å². The minimum atomic E-state index is -1.27. The summed E-state index contributed by atoms with van der Waals surface area (Å²) in [4.78, 5) is 40.4. The maximum atomic E-state index is 13.5. The average Bonchev–Trinajstić information content (AvgIpc) is 3.38. The molecule has 0 aliphatic heterocycles. The molecule has 0 bridgehead atoms. The SMILES string of the molecule is CC(C)NC(=O)C(c1ccc(O)cc1)N(C(=O)C(CO)NC(=O)OC(C)(C)C)C1CC1C. The van der Waals surface area contributed by atoms with Crippen LogP contribution in [0.25, 0.3) is 0 Å². The number of benzene rings is 1. The molecule has 9 nitrogen and oxygen atoms in total. The van der Waals surface area contributed by atoms with Crippen molar-refractivity contribution >= 4 is 17.9 Å². The van der Waals surface area contributed by atoms with Crippen LogP contribution < -0.4 is 10.6 Å². The Morgan fingerprint density at radius 2 is 1.72 bits per heavy atom. The largest absolute Gasteiger partial charge is 0.508 e. The number of aliphatic hydroxyl groups excluding tert-OH is 1. The zero-order valence-corrected chi connectivity index (χ0v) is 19.6. The van der Waals surface area contributed by atoms with E-state index in [-0.39, 0.29) is 29.7 Å². The molecule has 9 heteroatoms. The van der Waals surface area contributed by atoms with Gasteiger partial charge in [0.2, 0.25) is 11.8 Å². The van der Waals surface area contributed by atoms with Crippen molar-refractivity contribution in [1.29, 1.82) is 0 Å². The Bertz CT molecular complexity index is 818. The van der Waals surface area contributed by atoms with E-state index in [1.54, 1.807) is 32.9 Å². The molecule has 0 aromatic heterocycles. The molecule has 4 unspecified atom stereocenters. The van der Waals surface area contributed by atoms with E-state index in [0.29, 0.717) is 12.0 Å². The Balaban J connectivity index is 2.40. The Kier molecular flexibility index (Phi) is 8.12. The molecule has 2 rings (SSSR count). The molecule has 1 aromatic carbocycles. The van der Waals surface area contributed by atoms with Crippen LogP contribution in [-0.4, -0.2) is 63.4 Å². The van der Waals surface area contributed by atoms with Crippen LogP contribution in [-0.2, 0) is 14.3 Å². The van der Waals surface area contributed by atoms with E-state index in [2.05, 4.69) is 10.6 Å². The van der Waals surface area contributed by atoms with E-state index < -0.39 is 36.3 Å². The van der Waals surface area contributed by atoms with E-state index in [0.717, 1.165) is 0 Å². The number of nitrogens with zero attached hydrogens (tertiary/aromatic N) is 1. The van der Waals surface area contributed by atoms with Gasteiger partial charge in [-0.25, -0.2) is 4.79 Å². The highest BCUT2D eigenvalue weighted by molar-refractivity contribution is 5.92. The molecule has 178 valence electrons. The summed E-state index contributed by atoms with van der Waals surface area (Å²) in [5.74, 6) is -0.766. The Hall–Kier alpha value is -2.81. The molecule has 1 saturated carbocycles. The fourth-order valence-electron chi connectivity index (χ4n) is 3.45. The molecule has 4 N–H and O–H groups in total. The number of phenolic OH excluding ortho intramolecular Hbond substituents is 1. The molecule has 0 radical (unpaired) electrons. The van der Waals surface area contributed by atoms with Gasteiger partial charge in [-0.15, -0.1) is 0 Å². The lowest BCUT2D eigenvalue weighted by molar-refractivity contribution is -0.144. The predicted octanol–water partition coefficient (Wildman–Crippen LogP) is 2.08. The van der Waals surface area contributed by atoms with Gasteiger partial charge in [-0.1, -0.05) is 19.1 Å². The van der Waals surface area contributed by atoms with Gasteiger partial charge in [0.1, 0.15) is 23.4 Å². The third-order valence-electron chi connectivity index (χ3n) is 5.02. The van der Waals surface area contributed by atoms with Crippen molar-refractivity contribution < 1.29 is 29.3 Å². The van der Waals surface area contributed by atoms with Gasteiger partial charge in [-0.05, 0) is 64.7 Å². The van der Waals surface area contributed by atoms with E-state index in [4.69, 9.17) is 4.74 Å². The first-order chi connectivity index (χ1) is 14.8. The molecular formula is C23H35N3O6. The van der Waals surface area contributed by atoms with Crippen molar-refractivity contribution in [3.63, 3.8) is 0 Å². The normalized spacial score (nSPS) is 19.6. The number of hydrogen-bond acceptors (Lipinski definition) is 6. The number of nitrogens with one attached hydrogen (secondary N) is 2. The van der Waals surface area contributed by atoms with E-state index >= 15 is 0 Å². The smallest absolute Gasteiger partial charge is 0.408 e. The van der Waals surface area contributed by atoms with Crippen molar-refractivity contribution in [3.8, 4) is 5.75 Å². The number of ether oxygens (including phenoxy) is 1. The maximum Gasteiger partial charge on any atom is 0.408 e. The molecule has 32 heavy (non-hydrogen) atoms. The van der Waals surface area contributed by atoms with Crippen LogP contribution >= 0.6 is 0 Å². The average molecular weight is 450 g/mol. The zero-order valence-electron chi connectivity index (χ0n) is 19.6. The summed E-state index contributed by atoms with van der Waals surface area (Å²) in [5.41, 5.74) is -0.258. The van der Waals surface area contributed by atoms with Gasteiger partial charge in [0.15, 0.2) is 0 Å². The third-order valence-corrected chi connectivity index (χ3v) is 5.02. The van der Waals surface area contributed by atoms with Crippen LogP contribution in [0.1, 0.15) is 59.6 Å². The molecule has 1 aromatic rings. The summed E-state index contributed by atoms with van der Waals surface area (Å²) in [7, 11) is 0. The summed E-state index contributed by atoms with van der Waals surface area (Å²) < 4.78 is 5.22. The number of amides is 3. The first-order valence-corrected chi connectivity index (χ1v) is 10.9. The van der Waals surface area contributed by atoms with Gasteiger partial charge in [0, 0.05) is 12.1 Å². The van der Waals surface area contributed by atoms with E-state index in [1.165, 1.54) is 17.0 Å². The lowest BCUT2D eigenvalue weighted by Crippen LogP contribution is -2.55. The molecule has 0 spiro atoms.